The number of benzene rings is 2. The maximum Gasteiger partial charge on any atom is 0.284 e. The van der Waals surface area contributed by atoms with Gasteiger partial charge in [0.2, 0.25) is 0 Å². The summed E-state index contributed by atoms with van der Waals surface area (Å²) >= 11 is 1.14. The van der Waals surface area contributed by atoms with Crippen molar-refractivity contribution in [2.45, 2.75) is 42.9 Å². The Bertz CT molecular complexity index is 1040. The molecule has 3 aromatic rings. The molecule has 3 rings (SSSR count). The number of nitrogens with zero attached hydrogens (tertiary/aromatic N) is 5. The highest BCUT2D eigenvalue weighted by Gasteiger charge is 2.25. The summed E-state index contributed by atoms with van der Waals surface area (Å²) < 4.78 is 1.68. The molecule has 0 fully saturated rings. The third-order valence-corrected chi connectivity index (χ3v) is 5.97. The van der Waals surface area contributed by atoms with Crippen molar-refractivity contribution in [1.82, 2.24) is 19.7 Å². The van der Waals surface area contributed by atoms with Crippen molar-refractivity contribution in [3.05, 3.63) is 76.1 Å². The van der Waals surface area contributed by atoms with E-state index >= 15 is 0 Å². The smallest absolute Gasteiger partial charge is 0.284 e. The molecule has 30 heavy (non-hydrogen) atoms. The average molecular weight is 426 g/mol. The predicted octanol–water partition coefficient (Wildman–Crippen LogP) is 4.32. The van der Waals surface area contributed by atoms with Crippen molar-refractivity contribution < 1.29 is 9.72 Å². The number of carbonyl (C=O) groups is 1. The van der Waals surface area contributed by atoms with Crippen molar-refractivity contribution in [3.63, 3.8) is 0 Å². The van der Waals surface area contributed by atoms with Crippen LogP contribution >= 0.6 is 11.8 Å². The van der Waals surface area contributed by atoms with Gasteiger partial charge in [-0.05, 0) is 42.8 Å². The molecule has 1 heterocycles. The second kappa shape index (κ2) is 9.53. The molecule has 1 amide bonds. The lowest BCUT2D eigenvalue weighted by atomic mass is 10.1. The first-order valence-electron chi connectivity index (χ1n) is 9.55. The number of carbonyl (C=O) groups excluding carboxylic acids is 1. The first kappa shape index (κ1) is 21.5. The van der Waals surface area contributed by atoms with E-state index in [9.17, 15) is 14.9 Å². The largest absolute Gasteiger partial charge is 0.332 e. The molecule has 2 aromatic carbocycles. The Balaban J connectivity index is 1.92. The molecular formula is C21H23N5O3S. The van der Waals surface area contributed by atoms with E-state index < -0.39 is 4.92 Å². The number of nitro groups is 1. The van der Waals surface area contributed by atoms with Gasteiger partial charge in [-0.15, -0.1) is 10.2 Å². The van der Waals surface area contributed by atoms with Crippen LogP contribution in [-0.4, -0.2) is 36.5 Å². The minimum atomic E-state index is -0.472. The van der Waals surface area contributed by atoms with Crippen LogP contribution in [0.1, 0.15) is 36.2 Å². The van der Waals surface area contributed by atoms with Crippen LogP contribution in [0.4, 0.5) is 5.69 Å². The molecule has 1 aromatic heterocycles. The van der Waals surface area contributed by atoms with Crippen LogP contribution < -0.4 is 0 Å². The predicted molar refractivity (Wildman–Crippen MR) is 114 cm³/mol. The summed E-state index contributed by atoms with van der Waals surface area (Å²) in [6.07, 6.45) is 2.31. The SMILES string of the molecule is CCC(C)N(Cc1ccccc1)C(=O)c1ccc(Sc2nncn2C)c([N+](=O)[O-])c1. The van der Waals surface area contributed by atoms with E-state index in [1.807, 2.05) is 44.2 Å². The molecule has 0 aliphatic rings. The zero-order valence-corrected chi connectivity index (χ0v) is 17.9. The van der Waals surface area contributed by atoms with Crippen LogP contribution in [0.3, 0.4) is 0 Å². The first-order chi connectivity index (χ1) is 14.4. The van der Waals surface area contributed by atoms with Crippen LogP contribution in [0, 0.1) is 10.1 Å². The fraction of sp³-hybridized carbons (Fsp3) is 0.286. The summed E-state index contributed by atoms with van der Waals surface area (Å²) in [5, 5.41) is 20.0. The van der Waals surface area contributed by atoms with E-state index in [4.69, 9.17) is 0 Å². The van der Waals surface area contributed by atoms with Gasteiger partial charge in [0.1, 0.15) is 6.33 Å². The molecule has 0 spiro atoms. The molecule has 0 saturated carbocycles. The van der Waals surface area contributed by atoms with Crippen molar-refractivity contribution in [3.8, 4) is 0 Å². The third-order valence-electron chi connectivity index (χ3n) is 4.85. The Kier molecular flexibility index (Phi) is 6.83. The maximum absolute atomic E-state index is 13.3. The van der Waals surface area contributed by atoms with Crippen molar-refractivity contribution >= 4 is 23.4 Å². The number of amides is 1. The number of hydrogen-bond acceptors (Lipinski definition) is 6. The fourth-order valence-electron chi connectivity index (χ4n) is 2.94. The minimum absolute atomic E-state index is 0.00976. The number of hydrogen-bond donors (Lipinski definition) is 0. The molecule has 9 heteroatoms. The lowest BCUT2D eigenvalue weighted by Gasteiger charge is -2.29. The second-order valence-electron chi connectivity index (χ2n) is 6.94. The minimum Gasteiger partial charge on any atom is -0.332 e. The average Bonchev–Trinajstić information content (AvgIpc) is 3.16. The maximum atomic E-state index is 13.3. The summed E-state index contributed by atoms with van der Waals surface area (Å²) in [7, 11) is 1.76. The van der Waals surface area contributed by atoms with Gasteiger partial charge >= 0.3 is 0 Å². The molecule has 0 saturated heterocycles. The van der Waals surface area contributed by atoms with Crippen LogP contribution in [0.25, 0.3) is 0 Å². The van der Waals surface area contributed by atoms with Gasteiger partial charge in [0, 0.05) is 31.3 Å². The highest BCUT2D eigenvalue weighted by atomic mass is 32.2. The van der Waals surface area contributed by atoms with E-state index in [2.05, 4.69) is 10.2 Å². The lowest BCUT2D eigenvalue weighted by Crippen LogP contribution is -2.37. The lowest BCUT2D eigenvalue weighted by molar-refractivity contribution is -0.387. The molecule has 0 radical (unpaired) electrons. The molecule has 1 unspecified atom stereocenters. The van der Waals surface area contributed by atoms with Crippen LogP contribution in [0.15, 0.2) is 64.9 Å². The molecule has 156 valence electrons. The summed E-state index contributed by atoms with van der Waals surface area (Å²) in [4.78, 5) is 26.7. The van der Waals surface area contributed by atoms with Gasteiger partial charge in [-0.3, -0.25) is 14.9 Å². The Morgan fingerprint density at radius 3 is 2.60 bits per heavy atom. The molecule has 0 N–H and O–H groups in total. The Morgan fingerprint density at radius 2 is 2.00 bits per heavy atom. The molecule has 0 bridgehead atoms. The van der Waals surface area contributed by atoms with Crippen molar-refractivity contribution in [2.24, 2.45) is 7.05 Å². The highest BCUT2D eigenvalue weighted by molar-refractivity contribution is 7.99. The van der Waals surface area contributed by atoms with Gasteiger partial charge < -0.3 is 9.47 Å². The van der Waals surface area contributed by atoms with Crippen LogP contribution in [-0.2, 0) is 13.6 Å². The van der Waals surface area contributed by atoms with Crippen LogP contribution in [0.5, 0.6) is 0 Å². The molecule has 8 nitrogen and oxygen atoms in total. The number of rotatable bonds is 8. The third kappa shape index (κ3) is 4.85. The van der Waals surface area contributed by atoms with Gasteiger partial charge in [0.25, 0.3) is 11.6 Å². The van der Waals surface area contributed by atoms with Gasteiger partial charge in [-0.25, -0.2) is 0 Å². The van der Waals surface area contributed by atoms with Crippen molar-refractivity contribution in [1.29, 1.82) is 0 Å². The normalized spacial score (nSPS) is 11.8. The number of aryl methyl sites for hydroxylation is 1. The Labute approximate surface area is 179 Å². The topological polar surface area (TPSA) is 94.2 Å². The number of aromatic nitrogens is 3. The van der Waals surface area contributed by atoms with Crippen molar-refractivity contribution in [2.75, 3.05) is 0 Å². The van der Waals surface area contributed by atoms with E-state index in [0.717, 1.165) is 23.7 Å². The highest BCUT2D eigenvalue weighted by Crippen LogP contribution is 2.34. The molecular weight excluding hydrogens is 402 g/mol. The van der Waals surface area contributed by atoms with E-state index in [0.29, 0.717) is 22.2 Å². The summed E-state index contributed by atoms with van der Waals surface area (Å²) in [5.41, 5.74) is 1.17. The van der Waals surface area contributed by atoms with E-state index in [1.54, 1.807) is 28.6 Å². The Morgan fingerprint density at radius 1 is 1.27 bits per heavy atom. The van der Waals surface area contributed by atoms with Gasteiger partial charge in [-0.1, -0.05) is 37.3 Å². The summed E-state index contributed by atoms with van der Waals surface area (Å²) in [6, 6.07) is 14.3. The van der Waals surface area contributed by atoms with Gasteiger partial charge in [0.05, 0.1) is 9.82 Å². The molecule has 0 aliphatic heterocycles. The fourth-order valence-corrected chi connectivity index (χ4v) is 3.79. The van der Waals surface area contributed by atoms with E-state index in [1.165, 1.54) is 12.4 Å². The van der Waals surface area contributed by atoms with Crippen LogP contribution in [0.2, 0.25) is 0 Å². The molecule has 1 atom stereocenters. The van der Waals surface area contributed by atoms with Gasteiger partial charge in [-0.2, -0.15) is 0 Å². The van der Waals surface area contributed by atoms with E-state index in [-0.39, 0.29) is 17.6 Å². The zero-order chi connectivity index (χ0) is 21.7. The summed E-state index contributed by atoms with van der Waals surface area (Å²) in [6.45, 7) is 4.44. The Hall–Kier alpha value is -3.20. The molecule has 0 aliphatic carbocycles. The first-order valence-corrected chi connectivity index (χ1v) is 10.4. The monoisotopic (exact) mass is 425 g/mol. The number of nitro benzene ring substituents is 1. The quantitative estimate of drug-likeness (QED) is 0.394. The standard InChI is InChI=1S/C21H23N5O3S/c1-4-15(2)25(13-16-8-6-5-7-9-16)20(27)17-10-11-19(18(12-17)26(28)29)30-21-23-22-14-24(21)3/h5-12,14-15H,4,13H2,1-3H3. The van der Waals surface area contributed by atoms with Gasteiger partial charge in [0.15, 0.2) is 5.16 Å². The zero-order valence-electron chi connectivity index (χ0n) is 17.1. The second-order valence-corrected chi connectivity index (χ2v) is 7.95. The summed E-state index contributed by atoms with van der Waals surface area (Å²) in [5.74, 6) is -0.230.